The first-order chi connectivity index (χ1) is 50.0. The number of benzene rings is 10. The molecular formula is C82H78N4OSi. The molecule has 0 radical (unpaired) electrons. The Bertz CT molecular complexity index is 5650. The van der Waals surface area contributed by atoms with Crippen molar-refractivity contribution in [2.45, 2.75) is 105 Å². The summed E-state index contributed by atoms with van der Waals surface area (Å²) in [5, 5.41) is -1.67. The van der Waals surface area contributed by atoms with E-state index < -0.39 is 155 Å². The van der Waals surface area contributed by atoms with E-state index in [1.807, 2.05) is 77.5 Å². The van der Waals surface area contributed by atoms with Crippen LogP contribution >= 0.6 is 0 Å². The Labute approximate surface area is 548 Å². The fourth-order valence-electron chi connectivity index (χ4n) is 11.7. The highest BCUT2D eigenvalue weighted by Crippen LogP contribution is 2.41. The summed E-state index contributed by atoms with van der Waals surface area (Å²) < 4.78 is 193. The van der Waals surface area contributed by atoms with Gasteiger partial charge in [-0.3, -0.25) is 13.7 Å². The lowest BCUT2D eigenvalue weighted by Gasteiger charge is -2.34. The van der Waals surface area contributed by atoms with E-state index in [4.69, 9.17) is 22.1 Å². The second-order valence-corrected chi connectivity index (χ2v) is 30.0. The first kappa shape index (κ1) is 39.4. The number of aromatic nitrogens is 4. The first-order valence-electron chi connectivity index (χ1n) is 39.0. The lowest BCUT2D eigenvalue weighted by molar-refractivity contribution is -0.572. The van der Waals surface area contributed by atoms with Crippen LogP contribution in [0.2, 0.25) is 0 Å². The lowest BCUT2D eigenvalue weighted by Crippen LogP contribution is -2.74. The topological polar surface area (TPSA) is 35.9 Å². The Balaban J connectivity index is 1.14. The zero-order valence-electron chi connectivity index (χ0n) is 70.5. The van der Waals surface area contributed by atoms with Gasteiger partial charge in [-0.2, -0.15) is 0 Å². The molecule has 3 aromatic heterocycles. The van der Waals surface area contributed by atoms with E-state index in [0.717, 1.165) is 66.7 Å². The van der Waals surface area contributed by atoms with Crippen LogP contribution in [0.3, 0.4) is 0 Å². The van der Waals surface area contributed by atoms with Gasteiger partial charge in [0.05, 0.1) is 59.5 Å². The van der Waals surface area contributed by atoms with Gasteiger partial charge in [0, 0.05) is 23.0 Å². The van der Waals surface area contributed by atoms with Crippen molar-refractivity contribution in [2.24, 2.45) is 0 Å². The minimum atomic E-state index is -6.18. The molecule has 0 aliphatic carbocycles. The summed E-state index contributed by atoms with van der Waals surface area (Å²) in [6.07, 6.45) is 5.58. The van der Waals surface area contributed by atoms with Crippen LogP contribution in [0, 0.1) is 6.33 Å². The third-order valence-electron chi connectivity index (χ3n) is 16.4. The van der Waals surface area contributed by atoms with Crippen LogP contribution in [-0.2, 0) is 21.7 Å². The Morgan fingerprint density at radius 1 is 0.455 bits per heavy atom. The van der Waals surface area contributed by atoms with Gasteiger partial charge >= 0.3 is 0 Å². The summed E-state index contributed by atoms with van der Waals surface area (Å²) in [6.45, 7) is 25.9. The van der Waals surface area contributed by atoms with Gasteiger partial charge in [0.15, 0.2) is 8.07 Å². The molecule has 0 aliphatic rings. The normalized spacial score (nSPS) is 15.6. The molecule has 0 spiro atoms. The summed E-state index contributed by atoms with van der Waals surface area (Å²) in [5.74, 6) is 1.64. The van der Waals surface area contributed by atoms with Gasteiger partial charge in [-0.15, -0.1) is 0 Å². The number of fused-ring (bicyclic) bond motifs is 4. The van der Waals surface area contributed by atoms with Crippen molar-refractivity contribution in [3.05, 3.63) is 283 Å². The molecule has 0 aliphatic heterocycles. The highest BCUT2D eigenvalue weighted by molar-refractivity contribution is 7.19. The maximum absolute atomic E-state index is 10.8. The first-order valence-corrected chi connectivity index (χ1v) is 31.5. The molecule has 0 atom stereocenters. The van der Waals surface area contributed by atoms with Crippen molar-refractivity contribution < 1.29 is 35.3 Å². The molecule has 0 unspecified atom stereocenters. The molecule has 5 nitrogen and oxygen atoms in total. The number of para-hydroxylation sites is 2. The van der Waals surface area contributed by atoms with Crippen LogP contribution < -0.4 is 30.1 Å². The number of ether oxygens (including phenoxy) is 1. The van der Waals surface area contributed by atoms with Gasteiger partial charge in [0.25, 0.3) is 6.33 Å². The molecule has 0 saturated heterocycles. The van der Waals surface area contributed by atoms with Crippen molar-refractivity contribution in [1.82, 2.24) is 14.1 Å². The molecule has 0 bridgehead atoms. The minimum absolute atomic E-state index is 0.00360. The highest BCUT2D eigenvalue weighted by atomic mass is 28.3. The third-order valence-corrected chi connectivity index (χ3v) is 20.4. The molecule has 436 valence electrons. The van der Waals surface area contributed by atoms with Gasteiger partial charge < -0.3 is 4.74 Å². The number of hydrogen-bond acceptors (Lipinski definition) is 2. The van der Waals surface area contributed by atoms with Crippen molar-refractivity contribution in [3.63, 3.8) is 0 Å². The standard InChI is InChI=1S/C82H78N4OSi/c1-79(2,3)59-45-46-83-77(52-59)86-73-40-23-22-37-70(73)71-43-42-64(54-75(71)86)87-63-29-25-28-62(53-63)84-55-85(78-69(38-26-39-72(78)82(10,11)12)58-47-60(80(4,5)6)51-61(48-58)81(7,8)9)74-44-41-57(50-76(74)84)56-27-24-36-68(49-56)88(65-30-16-13-17-31-65,66-32-18-14-19-33-66)67-34-20-15-21-35-67/h13-54H,1-12H3/i13D,14D,15D,16D,17D,18D,19D,20D,21D,24D,27D,30D,31D,32D,33D,34D,35D,36D,49D. The number of nitrogens with zero attached hydrogens (tertiary/aromatic N) is 4. The van der Waals surface area contributed by atoms with E-state index in [9.17, 15) is 13.7 Å². The summed E-state index contributed by atoms with van der Waals surface area (Å²) in [5.41, 5.74) is 8.29. The van der Waals surface area contributed by atoms with Crippen molar-refractivity contribution in [2.75, 3.05) is 0 Å². The van der Waals surface area contributed by atoms with E-state index in [1.165, 1.54) is 0 Å². The summed E-state index contributed by atoms with van der Waals surface area (Å²) in [6, 6.07) is 23.9. The van der Waals surface area contributed by atoms with Gasteiger partial charge in [-0.25, -0.2) is 4.98 Å². The fourth-order valence-corrected chi connectivity index (χ4v) is 15.3. The highest BCUT2D eigenvalue weighted by Gasteiger charge is 2.41. The molecule has 3 heterocycles. The predicted octanol–water partition coefficient (Wildman–Crippen LogP) is 17.9. The molecule has 0 N–H and O–H groups in total. The Morgan fingerprint density at radius 3 is 1.69 bits per heavy atom. The van der Waals surface area contributed by atoms with E-state index >= 15 is 0 Å². The summed E-state index contributed by atoms with van der Waals surface area (Å²) in [4.78, 5) is 4.89. The third kappa shape index (κ3) is 10.6. The fraction of sp³-hybridized carbons (Fsp3) is 0.195. The molecule has 0 saturated carbocycles. The lowest BCUT2D eigenvalue weighted by atomic mass is 9.78. The molecule has 0 fully saturated rings. The second kappa shape index (κ2) is 22.1. The van der Waals surface area contributed by atoms with Crippen LogP contribution in [0.4, 0.5) is 0 Å². The Kier molecular flexibility index (Phi) is 9.90. The average molecular weight is 1180 g/mol. The number of rotatable bonds is 11. The number of imidazole rings is 1. The number of pyridine rings is 1. The van der Waals surface area contributed by atoms with Crippen LogP contribution in [0.15, 0.2) is 254 Å². The van der Waals surface area contributed by atoms with Gasteiger partial charge in [-0.1, -0.05) is 271 Å². The molecule has 0 amide bonds. The maximum Gasteiger partial charge on any atom is 0.269 e. The van der Waals surface area contributed by atoms with E-state index in [2.05, 4.69) is 143 Å². The van der Waals surface area contributed by atoms with Crippen molar-refractivity contribution in [3.8, 4) is 50.9 Å². The zero-order chi connectivity index (χ0) is 77.9. The molecule has 10 aromatic carbocycles. The SMILES string of the molecule is [2H]c1c([2H])c([2H])c([Si](c2c([2H])c([2H])c([2H])c([2H])c2[2H])(c2c([2H])c([2H])c([2H])c([2H])c2[2H])c2c([2H])c([2H])c([2H])c(-c3ccc4c(c3)n(-c3cccc(Oc5ccc6c7ccccc7n(-c7cc(C(C)(C)C)ccn7)c6c5)c3)[c-][n+]4-c3c(-c4cc(C(C)(C)C)cc(C(C)(C)C)c4)cccc3C(C)(C)C)c2[2H])c([2H])c1[2H]. The summed E-state index contributed by atoms with van der Waals surface area (Å²) in [7, 11) is -6.18. The average Bonchev–Trinajstić information content (AvgIpc) is 1.45. The van der Waals surface area contributed by atoms with Gasteiger partial charge in [0.1, 0.15) is 17.3 Å². The second-order valence-electron chi connectivity index (χ2n) is 26.5. The largest absolute Gasteiger partial charge is 0.458 e. The van der Waals surface area contributed by atoms with Crippen LogP contribution in [0.5, 0.6) is 11.5 Å². The van der Waals surface area contributed by atoms with Crippen molar-refractivity contribution >= 4 is 61.7 Å². The maximum atomic E-state index is 10.8. The number of hydrogen-bond donors (Lipinski definition) is 0. The van der Waals surface area contributed by atoms with E-state index in [-0.39, 0.29) is 21.8 Å². The van der Waals surface area contributed by atoms with Crippen LogP contribution in [0.1, 0.15) is 131 Å². The quantitative estimate of drug-likeness (QED) is 0.0560. The molecule has 6 heteroatoms. The van der Waals surface area contributed by atoms with Crippen LogP contribution in [0.25, 0.3) is 72.3 Å². The van der Waals surface area contributed by atoms with Crippen LogP contribution in [-0.4, -0.2) is 22.2 Å². The monoisotopic (exact) mass is 1180 g/mol. The van der Waals surface area contributed by atoms with E-state index in [0.29, 0.717) is 28.2 Å². The van der Waals surface area contributed by atoms with Gasteiger partial charge in [0.2, 0.25) is 0 Å². The Morgan fingerprint density at radius 2 is 1.06 bits per heavy atom. The minimum Gasteiger partial charge on any atom is -0.458 e. The zero-order valence-corrected chi connectivity index (χ0v) is 52.5. The molecular weight excluding hydrogens is 1090 g/mol. The Hall–Kier alpha value is -9.36. The van der Waals surface area contributed by atoms with Gasteiger partial charge in [-0.05, 0) is 142 Å². The van der Waals surface area contributed by atoms with Crippen molar-refractivity contribution in [1.29, 1.82) is 0 Å². The smallest absolute Gasteiger partial charge is 0.269 e. The predicted molar refractivity (Wildman–Crippen MR) is 372 cm³/mol. The van der Waals surface area contributed by atoms with E-state index in [1.54, 1.807) is 22.8 Å². The molecule has 88 heavy (non-hydrogen) atoms. The summed E-state index contributed by atoms with van der Waals surface area (Å²) >= 11 is 0. The molecule has 13 rings (SSSR count). The molecule has 13 aromatic rings.